The van der Waals surface area contributed by atoms with Crippen LogP contribution in [0.4, 0.5) is 17.6 Å². The zero-order chi connectivity index (χ0) is 16.0. The molecule has 1 unspecified atom stereocenters. The van der Waals surface area contributed by atoms with E-state index in [9.17, 15) is 17.6 Å². The summed E-state index contributed by atoms with van der Waals surface area (Å²) in [6.07, 6.45) is -6.35. The fraction of sp³-hybridized carbons (Fsp3) is 0.600. The molecule has 0 bridgehead atoms. The van der Waals surface area contributed by atoms with Crippen LogP contribution in [0, 0.1) is 11.7 Å². The molecule has 21 heavy (non-hydrogen) atoms. The van der Waals surface area contributed by atoms with E-state index in [1.54, 1.807) is 6.07 Å². The van der Waals surface area contributed by atoms with Crippen molar-refractivity contribution in [2.24, 2.45) is 5.92 Å². The first kappa shape index (κ1) is 17.9. The van der Waals surface area contributed by atoms with Gasteiger partial charge in [0.2, 0.25) is 0 Å². The highest BCUT2D eigenvalue weighted by molar-refractivity contribution is 5.24. The number of rotatable bonds is 7. The minimum atomic E-state index is -4.44. The van der Waals surface area contributed by atoms with Crippen molar-refractivity contribution in [2.75, 3.05) is 6.54 Å². The van der Waals surface area contributed by atoms with Gasteiger partial charge in [-0.1, -0.05) is 19.9 Å². The third kappa shape index (κ3) is 6.44. The molecule has 0 saturated heterocycles. The molecule has 1 atom stereocenters. The number of ether oxygens (including phenoxy) is 1. The molecule has 0 aliphatic carbocycles. The van der Waals surface area contributed by atoms with Gasteiger partial charge < -0.3 is 10.1 Å². The van der Waals surface area contributed by atoms with E-state index in [2.05, 4.69) is 23.9 Å². The maximum absolute atomic E-state index is 13.6. The van der Waals surface area contributed by atoms with Crippen molar-refractivity contribution in [1.29, 1.82) is 0 Å². The Hall–Kier alpha value is -1.14. The third-order valence-electron chi connectivity index (χ3n) is 2.94. The van der Waals surface area contributed by atoms with Crippen LogP contribution in [-0.4, -0.2) is 18.8 Å². The van der Waals surface area contributed by atoms with E-state index in [1.165, 1.54) is 12.1 Å². The Balaban J connectivity index is 2.61. The maximum Gasteiger partial charge on any atom is 0.414 e. The summed E-state index contributed by atoms with van der Waals surface area (Å²) in [6.45, 7) is 6.00. The van der Waals surface area contributed by atoms with Crippen molar-refractivity contribution >= 4 is 0 Å². The molecule has 0 amide bonds. The van der Waals surface area contributed by atoms with E-state index < -0.39 is 24.7 Å². The molecule has 1 N–H and O–H groups in total. The van der Waals surface area contributed by atoms with Gasteiger partial charge in [0.15, 0.2) is 6.10 Å². The SMILES string of the molecule is CC(C)CNCc1ccc(F)c(COC(C)C(F)(F)F)c1. The molecule has 2 nitrogen and oxygen atoms in total. The van der Waals surface area contributed by atoms with Gasteiger partial charge in [-0.2, -0.15) is 13.2 Å². The highest BCUT2D eigenvalue weighted by Gasteiger charge is 2.36. The lowest BCUT2D eigenvalue weighted by molar-refractivity contribution is -0.217. The van der Waals surface area contributed by atoms with Gasteiger partial charge in [-0.15, -0.1) is 0 Å². The average molecular weight is 307 g/mol. The van der Waals surface area contributed by atoms with E-state index in [1.807, 2.05) is 0 Å². The van der Waals surface area contributed by atoms with Gasteiger partial charge in [-0.3, -0.25) is 0 Å². The van der Waals surface area contributed by atoms with Crippen molar-refractivity contribution in [2.45, 2.75) is 46.2 Å². The van der Waals surface area contributed by atoms with Crippen molar-refractivity contribution in [3.63, 3.8) is 0 Å². The smallest absolute Gasteiger partial charge is 0.364 e. The second-order valence-corrected chi connectivity index (χ2v) is 5.45. The van der Waals surface area contributed by atoms with E-state index in [0.29, 0.717) is 12.5 Å². The van der Waals surface area contributed by atoms with Crippen LogP contribution in [0.2, 0.25) is 0 Å². The molecule has 120 valence electrons. The first-order valence-electron chi connectivity index (χ1n) is 6.86. The fourth-order valence-electron chi connectivity index (χ4n) is 1.66. The predicted octanol–water partition coefficient (Wildman–Crippen LogP) is 4.04. The van der Waals surface area contributed by atoms with E-state index in [0.717, 1.165) is 19.0 Å². The Morgan fingerprint density at radius 1 is 1.19 bits per heavy atom. The van der Waals surface area contributed by atoms with Gasteiger partial charge in [0, 0.05) is 12.1 Å². The summed E-state index contributed by atoms with van der Waals surface area (Å²) >= 11 is 0. The molecule has 0 heterocycles. The summed E-state index contributed by atoms with van der Waals surface area (Å²) in [5.74, 6) is -0.0714. The fourth-order valence-corrected chi connectivity index (χ4v) is 1.66. The third-order valence-corrected chi connectivity index (χ3v) is 2.94. The zero-order valence-corrected chi connectivity index (χ0v) is 12.4. The standard InChI is InChI=1S/C15H21F4NO/c1-10(2)7-20-8-12-4-5-14(16)13(6-12)9-21-11(3)15(17,18)19/h4-6,10-11,20H,7-9H2,1-3H3. The minimum absolute atomic E-state index is 0.134. The number of alkyl halides is 3. The van der Waals surface area contributed by atoms with Crippen molar-refractivity contribution in [3.05, 3.63) is 35.1 Å². The van der Waals surface area contributed by atoms with Crippen molar-refractivity contribution in [3.8, 4) is 0 Å². The number of nitrogens with one attached hydrogen (secondary N) is 1. The summed E-state index contributed by atoms with van der Waals surface area (Å²) in [4.78, 5) is 0. The topological polar surface area (TPSA) is 21.3 Å². The lowest BCUT2D eigenvalue weighted by Crippen LogP contribution is -2.28. The van der Waals surface area contributed by atoms with Crippen molar-refractivity contribution in [1.82, 2.24) is 5.32 Å². The van der Waals surface area contributed by atoms with Crippen LogP contribution in [-0.2, 0) is 17.9 Å². The zero-order valence-electron chi connectivity index (χ0n) is 12.4. The summed E-state index contributed by atoms with van der Waals surface area (Å²) in [5.41, 5.74) is 0.949. The molecule has 0 fully saturated rings. The van der Waals surface area contributed by atoms with Gasteiger partial charge in [0.05, 0.1) is 6.61 Å². The number of hydrogen-bond donors (Lipinski definition) is 1. The summed E-state index contributed by atoms with van der Waals surface area (Å²) in [7, 11) is 0. The molecule has 0 aliphatic rings. The van der Waals surface area contributed by atoms with E-state index >= 15 is 0 Å². The Morgan fingerprint density at radius 3 is 2.43 bits per heavy atom. The molecule has 1 rings (SSSR count). The molecule has 0 radical (unpaired) electrons. The molecule has 0 saturated carbocycles. The predicted molar refractivity (Wildman–Crippen MR) is 73.3 cm³/mol. The van der Waals surface area contributed by atoms with Gasteiger partial charge >= 0.3 is 6.18 Å². The number of benzene rings is 1. The highest BCUT2D eigenvalue weighted by Crippen LogP contribution is 2.24. The van der Waals surface area contributed by atoms with Crippen LogP contribution in [0.3, 0.4) is 0 Å². The lowest BCUT2D eigenvalue weighted by Gasteiger charge is -2.17. The lowest BCUT2D eigenvalue weighted by atomic mass is 10.1. The Morgan fingerprint density at radius 2 is 1.86 bits per heavy atom. The van der Waals surface area contributed by atoms with Crippen LogP contribution < -0.4 is 5.32 Å². The number of hydrogen-bond acceptors (Lipinski definition) is 2. The minimum Gasteiger partial charge on any atom is -0.364 e. The van der Waals surface area contributed by atoms with Gasteiger partial charge in [-0.05, 0) is 37.1 Å². The molecule has 0 aromatic heterocycles. The van der Waals surface area contributed by atoms with Crippen LogP contribution in [0.15, 0.2) is 18.2 Å². The molecule has 1 aromatic rings. The van der Waals surface area contributed by atoms with Crippen LogP contribution in [0.25, 0.3) is 0 Å². The molecular weight excluding hydrogens is 286 g/mol. The largest absolute Gasteiger partial charge is 0.414 e. The number of halogens is 4. The highest BCUT2D eigenvalue weighted by atomic mass is 19.4. The maximum atomic E-state index is 13.6. The first-order valence-corrected chi connectivity index (χ1v) is 6.86. The Kier molecular flexibility index (Phi) is 6.61. The van der Waals surface area contributed by atoms with Gasteiger partial charge in [0.1, 0.15) is 5.82 Å². The summed E-state index contributed by atoms with van der Waals surface area (Å²) in [5, 5.41) is 3.19. The van der Waals surface area contributed by atoms with Gasteiger partial charge in [0.25, 0.3) is 0 Å². The van der Waals surface area contributed by atoms with Gasteiger partial charge in [-0.25, -0.2) is 4.39 Å². The summed E-state index contributed by atoms with van der Waals surface area (Å²) < 4.78 is 55.3. The monoisotopic (exact) mass is 307 g/mol. The summed E-state index contributed by atoms with van der Waals surface area (Å²) in [6, 6.07) is 4.40. The van der Waals surface area contributed by atoms with Crippen molar-refractivity contribution < 1.29 is 22.3 Å². The second-order valence-electron chi connectivity index (χ2n) is 5.45. The molecule has 0 spiro atoms. The first-order chi connectivity index (χ1) is 9.70. The second kappa shape index (κ2) is 7.75. The van der Waals surface area contributed by atoms with E-state index in [4.69, 9.17) is 0 Å². The average Bonchev–Trinajstić information content (AvgIpc) is 2.37. The van der Waals surface area contributed by atoms with Crippen LogP contribution in [0.5, 0.6) is 0 Å². The molecule has 6 heteroatoms. The quantitative estimate of drug-likeness (QED) is 0.768. The normalized spacial score (nSPS) is 13.7. The molecule has 1 aromatic carbocycles. The Bertz CT molecular complexity index is 446. The molecule has 0 aliphatic heterocycles. The van der Waals surface area contributed by atoms with E-state index in [-0.39, 0.29) is 5.56 Å². The van der Waals surface area contributed by atoms with Crippen LogP contribution in [0.1, 0.15) is 31.9 Å². The Labute approximate surface area is 122 Å². The van der Waals surface area contributed by atoms with Crippen LogP contribution >= 0.6 is 0 Å². The molecular formula is C15H21F4NO.